The van der Waals surface area contributed by atoms with E-state index in [1.807, 2.05) is 12.1 Å². The van der Waals surface area contributed by atoms with E-state index in [-0.39, 0.29) is 24.4 Å². The van der Waals surface area contributed by atoms with Gasteiger partial charge in [0.05, 0.1) is 11.4 Å². The van der Waals surface area contributed by atoms with Crippen LogP contribution in [0.25, 0.3) is 6.08 Å². The number of benzene rings is 1. The topological polar surface area (TPSA) is 115 Å². The number of nitrogens with zero attached hydrogens (tertiary/aromatic N) is 3. The van der Waals surface area contributed by atoms with Crippen molar-refractivity contribution in [3.63, 3.8) is 0 Å². The molecule has 0 bridgehead atoms. The zero-order valence-corrected chi connectivity index (χ0v) is 15.1. The molecule has 0 spiro atoms. The molecule has 1 saturated carbocycles. The maximum Gasteiger partial charge on any atom is 0.303 e. The number of aromatic hydroxyl groups is 1. The number of anilines is 1. The molecule has 27 heavy (non-hydrogen) atoms. The molecule has 1 fully saturated rings. The second-order valence-electron chi connectivity index (χ2n) is 6.62. The number of carboxylic acid groups (broad SMARTS) is 1. The van der Waals surface area contributed by atoms with Crippen molar-refractivity contribution in [3.8, 4) is 5.75 Å². The average Bonchev–Trinajstić information content (AvgIpc) is 3.41. The fraction of sp³-hybridized carbons (Fsp3) is 0.368. The lowest BCUT2D eigenvalue weighted by Gasteiger charge is -2.10. The van der Waals surface area contributed by atoms with Crippen LogP contribution in [-0.4, -0.2) is 45.1 Å². The summed E-state index contributed by atoms with van der Waals surface area (Å²) in [6.07, 6.45) is 6.63. The molecule has 0 radical (unpaired) electrons. The van der Waals surface area contributed by atoms with Gasteiger partial charge in [0, 0.05) is 18.5 Å². The number of phenolic OH excluding ortho intramolecular Hbond substituents is 1. The van der Waals surface area contributed by atoms with Crippen LogP contribution in [0.4, 0.5) is 5.69 Å². The Labute approximate surface area is 156 Å². The summed E-state index contributed by atoms with van der Waals surface area (Å²) in [6.45, 7) is 1.87. The number of hydrazone groups is 2. The first kappa shape index (κ1) is 18.6. The highest BCUT2D eigenvalue weighted by Crippen LogP contribution is 2.33. The molecule has 1 amide bonds. The minimum Gasteiger partial charge on any atom is -0.505 e. The summed E-state index contributed by atoms with van der Waals surface area (Å²) in [5, 5.41) is 28.5. The maximum atomic E-state index is 12.4. The molecule has 1 heterocycles. The van der Waals surface area contributed by atoms with Crippen LogP contribution in [0.15, 0.2) is 34.5 Å². The Balaban J connectivity index is 1.67. The van der Waals surface area contributed by atoms with Crippen molar-refractivity contribution in [2.24, 2.45) is 16.1 Å². The zero-order chi connectivity index (χ0) is 19.4. The highest BCUT2D eigenvalue weighted by atomic mass is 16.4. The van der Waals surface area contributed by atoms with Crippen LogP contribution >= 0.6 is 0 Å². The molecule has 142 valence electrons. The van der Waals surface area contributed by atoms with E-state index < -0.39 is 11.9 Å². The number of allylic oxidation sites excluding steroid dienone is 1. The third kappa shape index (κ3) is 4.72. The van der Waals surface area contributed by atoms with Crippen molar-refractivity contribution in [3.05, 3.63) is 29.8 Å². The van der Waals surface area contributed by atoms with Crippen LogP contribution in [0.5, 0.6) is 5.75 Å². The van der Waals surface area contributed by atoms with Gasteiger partial charge in [0.25, 0.3) is 5.91 Å². The fourth-order valence-electron chi connectivity index (χ4n) is 2.64. The van der Waals surface area contributed by atoms with E-state index in [0.29, 0.717) is 29.3 Å². The Bertz CT molecular complexity index is 840. The van der Waals surface area contributed by atoms with Gasteiger partial charge in [-0.15, -0.1) is 0 Å². The van der Waals surface area contributed by atoms with E-state index in [1.54, 1.807) is 19.1 Å². The van der Waals surface area contributed by atoms with Crippen LogP contribution in [0.3, 0.4) is 0 Å². The molecule has 0 atom stereocenters. The molecule has 0 saturated heterocycles. The van der Waals surface area contributed by atoms with Crippen molar-refractivity contribution in [1.29, 1.82) is 0 Å². The molecule has 1 aliphatic carbocycles. The number of para-hydroxylation sites is 1. The smallest absolute Gasteiger partial charge is 0.303 e. The van der Waals surface area contributed by atoms with Gasteiger partial charge >= 0.3 is 5.97 Å². The van der Waals surface area contributed by atoms with E-state index in [4.69, 9.17) is 5.11 Å². The Morgan fingerprint density at radius 3 is 2.93 bits per heavy atom. The van der Waals surface area contributed by atoms with Gasteiger partial charge in [0.15, 0.2) is 5.71 Å². The second kappa shape index (κ2) is 8.03. The van der Waals surface area contributed by atoms with Crippen molar-refractivity contribution in [2.75, 3.05) is 12.0 Å². The number of carboxylic acids is 1. The Morgan fingerprint density at radius 2 is 2.22 bits per heavy atom. The van der Waals surface area contributed by atoms with Crippen LogP contribution in [0, 0.1) is 5.92 Å². The summed E-state index contributed by atoms with van der Waals surface area (Å²) >= 11 is 0. The number of carbonyl (C=O) groups excluding carboxylic acids is 1. The minimum atomic E-state index is -0.913. The molecule has 1 aromatic rings. The summed E-state index contributed by atoms with van der Waals surface area (Å²) in [6, 6.07) is 5.28. The lowest BCUT2D eigenvalue weighted by molar-refractivity contribution is -0.137. The number of nitrogens with one attached hydrogen (secondary N) is 1. The third-order valence-electron chi connectivity index (χ3n) is 4.34. The lowest BCUT2D eigenvalue weighted by Crippen LogP contribution is -2.29. The largest absolute Gasteiger partial charge is 0.505 e. The molecule has 8 nitrogen and oxygen atoms in total. The Hall–Kier alpha value is -3.16. The van der Waals surface area contributed by atoms with Crippen LogP contribution in [0.2, 0.25) is 0 Å². The Morgan fingerprint density at radius 1 is 1.44 bits per heavy atom. The molecule has 8 heteroatoms. The number of hydrogen-bond donors (Lipinski definition) is 3. The number of amides is 1. The molecule has 3 N–H and O–H groups in total. The monoisotopic (exact) mass is 370 g/mol. The molecule has 3 rings (SSSR count). The van der Waals surface area contributed by atoms with Gasteiger partial charge in [-0.1, -0.05) is 24.3 Å². The second-order valence-corrected chi connectivity index (χ2v) is 6.62. The van der Waals surface area contributed by atoms with E-state index in [9.17, 15) is 14.7 Å². The van der Waals surface area contributed by atoms with E-state index >= 15 is 0 Å². The first-order valence-electron chi connectivity index (χ1n) is 8.89. The highest BCUT2D eigenvalue weighted by Gasteiger charge is 2.29. The summed E-state index contributed by atoms with van der Waals surface area (Å²) in [5.41, 5.74) is 4.39. The molecule has 2 aliphatic rings. The van der Waals surface area contributed by atoms with E-state index in [1.165, 1.54) is 17.9 Å². The number of rotatable bonds is 8. The van der Waals surface area contributed by atoms with E-state index in [2.05, 4.69) is 21.7 Å². The van der Waals surface area contributed by atoms with Crippen molar-refractivity contribution in [1.82, 2.24) is 5.01 Å². The number of carbonyl (C=O) groups is 2. The first-order chi connectivity index (χ1) is 13.0. The minimum absolute atomic E-state index is 0.0296. The molecule has 1 aliphatic heterocycles. The van der Waals surface area contributed by atoms with Crippen LogP contribution in [-0.2, 0) is 9.59 Å². The van der Waals surface area contributed by atoms with Gasteiger partial charge in [0.2, 0.25) is 0 Å². The van der Waals surface area contributed by atoms with Gasteiger partial charge in [-0.25, -0.2) is 5.01 Å². The van der Waals surface area contributed by atoms with Crippen LogP contribution in [0.1, 0.15) is 38.2 Å². The zero-order valence-electron chi connectivity index (χ0n) is 15.1. The predicted molar refractivity (Wildman–Crippen MR) is 103 cm³/mol. The average molecular weight is 370 g/mol. The normalized spacial score (nSPS) is 18.4. The van der Waals surface area contributed by atoms with Crippen molar-refractivity contribution in [2.45, 2.75) is 32.6 Å². The molecule has 0 unspecified atom stereocenters. The van der Waals surface area contributed by atoms with Gasteiger partial charge in [0.1, 0.15) is 5.75 Å². The molecule has 1 aromatic carbocycles. The summed E-state index contributed by atoms with van der Waals surface area (Å²) < 4.78 is 0. The number of phenols is 1. The SMILES string of the molecule is CC1=NN(CCCC(=O)O)C(=O)/C1=N\Nc1cccc(/C=C\C2CC2)c1O. The standard InChI is InChI=1S/C19H22N4O4/c1-12-17(19(27)23(22-12)11-3-6-16(24)25)21-20-15-5-2-4-14(18(15)26)10-9-13-7-8-13/h2,4-5,9-10,13,20,26H,3,6-8,11H2,1H3,(H,24,25)/b10-9-,21-17-. The van der Waals surface area contributed by atoms with Gasteiger partial charge in [-0.05, 0) is 38.2 Å². The quantitative estimate of drug-likeness (QED) is 0.481. The van der Waals surface area contributed by atoms with Gasteiger partial charge in [-0.3, -0.25) is 15.0 Å². The maximum absolute atomic E-state index is 12.4. The third-order valence-corrected chi connectivity index (χ3v) is 4.34. The van der Waals surface area contributed by atoms with Gasteiger partial charge < -0.3 is 10.2 Å². The van der Waals surface area contributed by atoms with Gasteiger partial charge in [-0.2, -0.15) is 10.2 Å². The van der Waals surface area contributed by atoms with E-state index in [0.717, 1.165) is 0 Å². The van der Waals surface area contributed by atoms with Crippen LogP contribution < -0.4 is 5.43 Å². The fourth-order valence-corrected chi connectivity index (χ4v) is 2.64. The van der Waals surface area contributed by atoms with Crippen molar-refractivity contribution >= 4 is 35.1 Å². The molecular formula is C19H22N4O4. The first-order valence-corrected chi connectivity index (χ1v) is 8.89. The summed E-state index contributed by atoms with van der Waals surface area (Å²) in [5.74, 6) is -0.640. The number of aliphatic carboxylic acids is 1. The van der Waals surface area contributed by atoms with Crippen molar-refractivity contribution < 1.29 is 19.8 Å². The summed E-state index contributed by atoms with van der Waals surface area (Å²) in [7, 11) is 0. The highest BCUT2D eigenvalue weighted by molar-refractivity contribution is 6.68. The predicted octanol–water partition coefficient (Wildman–Crippen LogP) is 2.67. The molecule has 0 aromatic heterocycles. The summed E-state index contributed by atoms with van der Waals surface area (Å²) in [4.78, 5) is 23.0. The lowest BCUT2D eigenvalue weighted by atomic mass is 10.1. The molecular weight excluding hydrogens is 348 g/mol. The number of hydrogen-bond acceptors (Lipinski definition) is 6. The Kier molecular flexibility index (Phi) is 5.54.